The largest absolute Gasteiger partial charge is 0.396 e. The van der Waals surface area contributed by atoms with Crippen LogP contribution in [-0.2, 0) is 0 Å². The molecule has 0 saturated carbocycles. The van der Waals surface area contributed by atoms with E-state index in [0.717, 1.165) is 18.8 Å². The first kappa shape index (κ1) is 13.0. The van der Waals surface area contributed by atoms with Gasteiger partial charge >= 0.3 is 0 Å². The molecular formula is C13H27NO. The van der Waals surface area contributed by atoms with Gasteiger partial charge in [-0.05, 0) is 31.1 Å². The van der Waals surface area contributed by atoms with Gasteiger partial charge in [0.15, 0.2) is 0 Å². The van der Waals surface area contributed by atoms with E-state index in [1.165, 1.54) is 13.1 Å². The van der Waals surface area contributed by atoms with E-state index in [0.29, 0.717) is 12.0 Å². The molecule has 1 aliphatic heterocycles. The third-order valence-electron chi connectivity index (χ3n) is 4.28. The highest BCUT2D eigenvalue weighted by Crippen LogP contribution is 2.39. The van der Waals surface area contributed by atoms with Gasteiger partial charge in [0.2, 0.25) is 0 Å². The predicted octanol–water partition coefficient (Wildman–Crippen LogP) is 2.52. The zero-order chi connectivity index (χ0) is 11.7. The van der Waals surface area contributed by atoms with Crippen molar-refractivity contribution in [2.24, 2.45) is 11.3 Å². The van der Waals surface area contributed by atoms with Gasteiger partial charge in [-0.1, -0.05) is 27.7 Å². The third kappa shape index (κ3) is 2.73. The molecule has 0 aromatic carbocycles. The molecule has 1 rings (SSSR count). The van der Waals surface area contributed by atoms with Gasteiger partial charge in [-0.25, -0.2) is 0 Å². The maximum Gasteiger partial charge on any atom is 0.0448 e. The standard InChI is InChI=1S/C13H27NO/c1-6-13(5,7-8-15)14-9-11(10-14)12(2,3)4/h11,15H,6-10H2,1-5H3. The highest BCUT2D eigenvalue weighted by Gasteiger charge is 2.42. The molecule has 1 aliphatic rings. The van der Waals surface area contributed by atoms with Gasteiger partial charge in [0.05, 0.1) is 0 Å². The van der Waals surface area contributed by atoms with Crippen LogP contribution < -0.4 is 0 Å². The van der Waals surface area contributed by atoms with E-state index in [-0.39, 0.29) is 5.54 Å². The first-order valence-electron chi connectivity index (χ1n) is 6.19. The number of hydrogen-bond donors (Lipinski definition) is 1. The molecule has 0 amide bonds. The normalized spacial score (nSPS) is 23.6. The second-order valence-electron chi connectivity index (χ2n) is 6.29. The van der Waals surface area contributed by atoms with Crippen LogP contribution >= 0.6 is 0 Å². The van der Waals surface area contributed by atoms with Crippen LogP contribution in [0.1, 0.15) is 47.5 Å². The number of likely N-dealkylation sites (tertiary alicyclic amines) is 1. The molecule has 1 heterocycles. The fraction of sp³-hybridized carbons (Fsp3) is 1.00. The lowest BCUT2D eigenvalue weighted by molar-refractivity contribution is -0.0592. The molecule has 0 radical (unpaired) electrons. The molecule has 1 fully saturated rings. The van der Waals surface area contributed by atoms with E-state index < -0.39 is 0 Å². The Hall–Kier alpha value is -0.0800. The molecule has 1 N–H and O–H groups in total. The molecule has 2 nitrogen and oxygen atoms in total. The molecule has 1 atom stereocenters. The van der Waals surface area contributed by atoms with Gasteiger partial charge in [-0.3, -0.25) is 4.90 Å². The molecule has 0 bridgehead atoms. The molecule has 0 spiro atoms. The van der Waals surface area contributed by atoms with Crippen molar-refractivity contribution in [2.75, 3.05) is 19.7 Å². The number of nitrogens with zero attached hydrogens (tertiary/aromatic N) is 1. The Bertz CT molecular complexity index is 203. The average molecular weight is 213 g/mol. The Morgan fingerprint density at radius 2 is 1.73 bits per heavy atom. The van der Waals surface area contributed by atoms with Crippen molar-refractivity contribution in [3.05, 3.63) is 0 Å². The molecule has 1 unspecified atom stereocenters. The van der Waals surface area contributed by atoms with Gasteiger partial charge < -0.3 is 5.11 Å². The summed E-state index contributed by atoms with van der Waals surface area (Å²) in [5.74, 6) is 0.821. The van der Waals surface area contributed by atoms with E-state index >= 15 is 0 Å². The first-order chi connectivity index (χ1) is 6.83. The number of aliphatic hydroxyl groups is 1. The average Bonchev–Trinajstić information content (AvgIpc) is 1.99. The summed E-state index contributed by atoms with van der Waals surface area (Å²) in [5.41, 5.74) is 0.654. The number of hydrogen-bond acceptors (Lipinski definition) is 2. The minimum atomic E-state index is 0.219. The molecule has 0 aromatic rings. The highest BCUT2D eigenvalue weighted by atomic mass is 16.3. The molecule has 15 heavy (non-hydrogen) atoms. The summed E-state index contributed by atoms with van der Waals surface area (Å²) in [5, 5.41) is 9.10. The quantitative estimate of drug-likeness (QED) is 0.775. The van der Waals surface area contributed by atoms with Gasteiger partial charge in [0.1, 0.15) is 0 Å². The monoisotopic (exact) mass is 213 g/mol. The Labute approximate surface area is 94.7 Å². The Morgan fingerprint density at radius 3 is 2.07 bits per heavy atom. The van der Waals surface area contributed by atoms with E-state index in [4.69, 9.17) is 5.11 Å². The van der Waals surface area contributed by atoms with Gasteiger partial charge in [-0.2, -0.15) is 0 Å². The van der Waals surface area contributed by atoms with Gasteiger partial charge in [-0.15, -0.1) is 0 Å². The summed E-state index contributed by atoms with van der Waals surface area (Å²) in [6.45, 7) is 14.2. The number of aliphatic hydroxyl groups excluding tert-OH is 1. The molecule has 2 heteroatoms. The SMILES string of the molecule is CCC(C)(CCO)N1CC(C(C)(C)C)C1. The first-order valence-corrected chi connectivity index (χ1v) is 6.19. The van der Waals surface area contributed by atoms with Crippen LogP contribution in [0.5, 0.6) is 0 Å². The summed E-state index contributed by atoms with van der Waals surface area (Å²) >= 11 is 0. The van der Waals surface area contributed by atoms with E-state index in [2.05, 4.69) is 39.5 Å². The Morgan fingerprint density at radius 1 is 1.20 bits per heavy atom. The highest BCUT2D eigenvalue weighted by molar-refractivity contribution is 4.96. The number of rotatable bonds is 4. The molecule has 0 aliphatic carbocycles. The lowest BCUT2D eigenvalue weighted by Crippen LogP contribution is -2.61. The maximum atomic E-state index is 9.10. The summed E-state index contributed by atoms with van der Waals surface area (Å²) in [6.07, 6.45) is 2.03. The van der Waals surface area contributed by atoms with Crippen LogP contribution in [0.25, 0.3) is 0 Å². The van der Waals surface area contributed by atoms with Crippen molar-refractivity contribution < 1.29 is 5.11 Å². The van der Waals surface area contributed by atoms with Gasteiger partial charge in [0.25, 0.3) is 0 Å². The zero-order valence-corrected chi connectivity index (χ0v) is 11.0. The molecule has 0 aromatic heterocycles. The molecule has 1 saturated heterocycles. The second-order valence-corrected chi connectivity index (χ2v) is 6.29. The van der Waals surface area contributed by atoms with Crippen molar-refractivity contribution in [3.63, 3.8) is 0 Å². The summed E-state index contributed by atoms with van der Waals surface area (Å²) < 4.78 is 0. The third-order valence-corrected chi connectivity index (χ3v) is 4.28. The topological polar surface area (TPSA) is 23.5 Å². The van der Waals surface area contributed by atoms with Crippen LogP contribution in [-0.4, -0.2) is 35.2 Å². The van der Waals surface area contributed by atoms with Crippen LogP contribution in [0, 0.1) is 11.3 Å². The zero-order valence-electron chi connectivity index (χ0n) is 11.0. The van der Waals surface area contributed by atoms with Crippen LogP contribution in [0.15, 0.2) is 0 Å². The van der Waals surface area contributed by atoms with Crippen molar-refractivity contribution in [1.82, 2.24) is 4.90 Å². The Balaban J connectivity index is 2.49. The summed E-state index contributed by atoms with van der Waals surface area (Å²) in [7, 11) is 0. The maximum absolute atomic E-state index is 9.10. The lowest BCUT2D eigenvalue weighted by Gasteiger charge is -2.54. The molecule has 90 valence electrons. The fourth-order valence-corrected chi connectivity index (χ4v) is 2.27. The van der Waals surface area contributed by atoms with Crippen molar-refractivity contribution >= 4 is 0 Å². The van der Waals surface area contributed by atoms with Crippen LogP contribution in [0.3, 0.4) is 0 Å². The lowest BCUT2D eigenvalue weighted by atomic mass is 9.73. The van der Waals surface area contributed by atoms with E-state index in [1.807, 2.05) is 0 Å². The Kier molecular flexibility index (Phi) is 3.83. The van der Waals surface area contributed by atoms with Gasteiger partial charge in [0, 0.05) is 25.2 Å². The predicted molar refractivity (Wildman–Crippen MR) is 64.9 cm³/mol. The molecular weight excluding hydrogens is 186 g/mol. The minimum Gasteiger partial charge on any atom is -0.396 e. The van der Waals surface area contributed by atoms with Crippen molar-refractivity contribution in [2.45, 2.75) is 53.0 Å². The minimum absolute atomic E-state index is 0.219. The van der Waals surface area contributed by atoms with E-state index in [9.17, 15) is 0 Å². The summed E-state index contributed by atoms with van der Waals surface area (Å²) in [6, 6.07) is 0. The second kappa shape index (κ2) is 4.42. The fourth-order valence-electron chi connectivity index (χ4n) is 2.27. The van der Waals surface area contributed by atoms with Crippen molar-refractivity contribution in [1.29, 1.82) is 0 Å². The summed E-state index contributed by atoms with van der Waals surface area (Å²) in [4.78, 5) is 2.54. The van der Waals surface area contributed by atoms with E-state index in [1.54, 1.807) is 0 Å². The van der Waals surface area contributed by atoms with Crippen LogP contribution in [0.4, 0.5) is 0 Å². The smallest absolute Gasteiger partial charge is 0.0448 e. The van der Waals surface area contributed by atoms with Crippen molar-refractivity contribution in [3.8, 4) is 0 Å². The van der Waals surface area contributed by atoms with Crippen LogP contribution in [0.2, 0.25) is 0 Å².